The van der Waals surface area contributed by atoms with Crippen molar-refractivity contribution in [2.75, 3.05) is 13.6 Å². The van der Waals surface area contributed by atoms with Crippen molar-refractivity contribution in [3.8, 4) is 0 Å². The molecule has 1 aromatic rings. The number of carbonyl (C=O) groups excluding carboxylic acids is 12. The van der Waals surface area contributed by atoms with Gasteiger partial charge in [-0.2, -0.15) is 0 Å². The van der Waals surface area contributed by atoms with Gasteiger partial charge in [0.25, 0.3) is 0 Å². The van der Waals surface area contributed by atoms with E-state index in [-0.39, 0.29) is 25.3 Å². The van der Waals surface area contributed by atoms with Crippen LogP contribution in [0.4, 0.5) is 0 Å². The molecule has 0 saturated heterocycles. The van der Waals surface area contributed by atoms with Gasteiger partial charge in [-0.15, -0.1) is 0 Å². The molecule has 0 fully saturated rings. The molecular formula is C47H76N12O12. The van der Waals surface area contributed by atoms with Crippen LogP contribution in [0.15, 0.2) is 30.3 Å². The number of carbonyl (C=O) groups is 12. The summed E-state index contributed by atoms with van der Waals surface area (Å²) in [6.45, 7) is 12.6. The molecule has 1 aromatic carbocycles. The van der Waals surface area contributed by atoms with Crippen LogP contribution in [0, 0.1) is 11.8 Å². The van der Waals surface area contributed by atoms with Crippen LogP contribution in [-0.2, 0) is 64.0 Å². The van der Waals surface area contributed by atoms with E-state index >= 15 is 0 Å². The zero-order valence-electron chi connectivity index (χ0n) is 42.3. The average Bonchev–Trinajstić information content (AvgIpc) is 3.29. The second-order valence-corrected chi connectivity index (χ2v) is 18.3. The Kier molecular flexibility index (Phi) is 27.3. The molecule has 0 heterocycles. The molecule has 0 aliphatic carbocycles. The standard InChI is InChI=1S/C47H76N12O12/c1-25(2)21-32(24-60)54-40(64)27(5)51-41(65)29(7)59(9)47(71)28(6)52-44(68)36(23-38(50)63)57-43(67)34(18-19-37(49)62)55-42(66)33(17-13-14-20-48)56-46(70)39(26(3)4)58-45(69)35(53-30(8)61)22-31-15-11-10-12-16-31/h10-12,15-16,24-29,32-36,39H,13-14,17-23,48H2,1-9H3,(H2,49,62)(H2,50,63)(H,51,65)(H,52,68)(H,53,61)(H,54,64)(H,55,66)(H,56,70)(H,57,67)(H,58,69)/t27-,28-,29-,32-,33-,34-,35-,36-,39-/m0/s1. The molecule has 24 nitrogen and oxygen atoms in total. The highest BCUT2D eigenvalue weighted by atomic mass is 16.2. The SMILES string of the molecule is CC(=O)N[C@@H](Cc1ccccc1)C(=O)N[C@H](C(=O)N[C@@H](CCCCN)C(=O)N[C@@H](CCC(N)=O)C(=O)N[C@@H](CC(N)=O)C(=O)N[C@@H](C)C(=O)N(C)[C@@H](C)C(=O)N[C@@H](C)C(=O)N[C@H](C=O)CC(C)C)C(C)C. The molecule has 0 aliphatic heterocycles. The number of amides is 11. The lowest BCUT2D eigenvalue weighted by atomic mass is 9.99. The first-order chi connectivity index (χ1) is 33.2. The quantitative estimate of drug-likeness (QED) is 0.0257. The fraction of sp³-hybridized carbons (Fsp3) is 0.617. The fourth-order valence-electron chi connectivity index (χ4n) is 7.04. The topological polar surface area (TPSA) is 382 Å². The van der Waals surface area contributed by atoms with Crippen molar-refractivity contribution < 1.29 is 57.5 Å². The number of nitrogens with two attached hydrogens (primary N) is 3. The predicted molar refractivity (Wildman–Crippen MR) is 260 cm³/mol. The summed E-state index contributed by atoms with van der Waals surface area (Å²) >= 11 is 0. The zero-order chi connectivity index (χ0) is 54.1. The van der Waals surface area contributed by atoms with Gasteiger partial charge in [0.2, 0.25) is 65.0 Å². The van der Waals surface area contributed by atoms with E-state index in [1.807, 2.05) is 13.8 Å². The summed E-state index contributed by atoms with van der Waals surface area (Å²) < 4.78 is 0. The van der Waals surface area contributed by atoms with Crippen LogP contribution < -0.4 is 59.7 Å². The molecule has 71 heavy (non-hydrogen) atoms. The van der Waals surface area contributed by atoms with Crippen LogP contribution >= 0.6 is 0 Å². The summed E-state index contributed by atoms with van der Waals surface area (Å²) in [5.41, 5.74) is 17.2. The van der Waals surface area contributed by atoms with E-state index in [1.54, 1.807) is 44.2 Å². The molecule has 0 radical (unpaired) electrons. The molecule has 396 valence electrons. The third kappa shape index (κ3) is 23.0. The maximum atomic E-state index is 14.0. The highest BCUT2D eigenvalue weighted by molar-refractivity contribution is 5.99. The fourth-order valence-corrected chi connectivity index (χ4v) is 7.04. The lowest BCUT2D eigenvalue weighted by Crippen LogP contribution is -2.61. The maximum Gasteiger partial charge on any atom is 0.245 e. The minimum atomic E-state index is -1.74. The first-order valence-corrected chi connectivity index (χ1v) is 23.6. The smallest absolute Gasteiger partial charge is 0.245 e. The Balaban J connectivity index is 3.27. The summed E-state index contributed by atoms with van der Waals surface area (Å²) in [5.74, 6) is -9.47. The Morgan fingerprint density at radius 2 is 1.13 bits per heavy atom. The summed E-state index contributed by atoms with van der Waals surface area (Å²) in [6, 6.07) is -2.48. The molecule has 0 saturated carbocycles. The molecule has 0 aliphatic rings. The molecule has 1 rings (SSSR count). The second kappa shape index (κ2) is 31.3. The van der Waals surface area contributed by atoms with E-state index in [9.17, 15) is 57.5 Å². The van der Waals surface area contributed by atoms with Gasteiger partial charge >= 0.3 is 0 Å². The Morgan fingerprint density at radius 1 is 0.592 bits per heavy atom. The normalized spacial score (nSPS) is 14.8. The van der Waals surface area contributed by atoms with Gasteiger partial charge in [0.05, 0.1) is 12.5 Å². The predicted octanol–water partition coefficient (Wildman–Crippen LogP) is -2.82. The third-order valence-electron chi connectivity index (χ3n) is 11.2. The lowest BCUT2D eigenvalue weighted by molar-refractivity contribution is -0.142. The lowest BCUT2D eigenvalue weighted by Gasteiger charge is -2.29. The third-order valence-corrected chi connectivity index (χ3v) is 11.2. The van der Waals surface area contributed by atoms with E-state index in [1.165, 1.54) is 34.7 Å². The van der Waals surface area contributed by atoms with Crippen LogP contribution in [0.1, 0.15) is 106 Å². The minimum absolute atomic E-state index is 0.00217. The van der Waals surface area contributed by atoms with E-state index in [0.29, 0.717) is 25.5 Å². The largest absolute Gasteiger partial charge is 0.370 e. The van der Waals surface area contributed by atoms with Crippen LogP contribution in [0.5, 0.6) is 0 Å². The van der Waals surface area contributed by atoms with Crippen molar-refractivity contribution in [1.29, 1.82) is 0 Å². The van der Waals surface area contributed by atoms with Gasteiger partial charge in [0.1, 0.15) is 54.6 Å². The second-order valence-electron chi connectivity index (χ2n) is 18.3. The number of unbranched alkanes of at least 4 members (excludes halogenated alkanes) is 1. The van der Waals surface area contributed by atoms with Crippen LogP contribution in [0.3, 0.4) is 0 Å². The van der Waals surface area contributed by atoms with Gasteiger partial charge < -0.3 is 69.4 Å². The van der Waals surface area contributed by atoms with E-state index in [2.05, 4.69) is 42.5 Å². The number of nitrogens with one attached hydrogen (secondary N) is 8. The molecular weight excluding hydrogens is 925 g/mol. The van der Waals surface area contributed by atoms with Crippen LogP contribution in [-0.4, -0.2) is 144 Å². The van der Waals surface area contributed by atoms with E-state index < -0.39 is 145 Å². The highest BCUT2D eigenvalue weighted by Gasteiger charge is 2.35. The number of hydrogen-bond acceptors (Lipinski definition) is 13. The number of aldehydes is 1. The molecule has 9 atom stereocenters. The Labute approximate surface area is 415 Å². The van der Waals surface area contributed by atoms with Crippen LogP contribution in [0.2, 0.25) is 0 Å². The van der Waals surface area contributed by atoms with Crippen molar-refractivity contribution >= 4 is 71.3 Å². The number of benzene rings is 1. The summed E-state index contributed by atoms with van der Waals surface area (Å²) in [4.78, 5) is 157. The molecule has 24 heteroatoms. The average molecular weight is 1000 g/mol. The summed E-state index contributed by atoms with van der Waals surface area (Å²) in [5, 5.41) is 20.1. The Morgan fingerprint density at radius 3 is 1.65 bits per heavy atom. The molecule has 11 amide bonds. The van der Waals surface area contributed by atoms with Gasteiger partial charge in [-0.05, 0) is 76.8 Å². The molecule has 0 spiro atoms. The van der Waals surface area contributed by atoms with Crippen LogP contribution in [0.25, 0.3) is 0 Å². The Bertz CT molecular complexity index is 2020. The Hall–Kier alpha value is -6.98. The number of primary amides is 2. The van der Waals surface area contributed by atoms with Crippen molar-refractivity contribution in [2.45, 2.75) is 161 Å². The first kappa shape index (κ1) is 62.0. The molecule has 0 aromatic heterocycles. The van der Waals surface area contributed by atoms with Gasteiger partial charge in [-0.25, -0.2) is 0 Å². The van der Waals surface area contributed by atoms with Gasteiger partial charge in [0.15, 0.2) is 0 Å². The highest BCUT2D eigenvalue weighted by Crippen LogP contribution is 2.11. The summed E-state index contributed by atoms with van der Waals surface area (Å²) in [7, 11) is 1.27. The van der Waals surface area contributed by atoms with Gasteiger partial charge in [-0.3, -0.25) is 52.7 Å². The number of likely N-dealkylation sites (N-methyl/N-ethyl adjacent to an activating group) is 1. The number of rotatable bonds is 32. The first-order valence-electron chi connectivity index (χ1n) is 23.6. The molecule has 0 unspecified atom stereocenters. The minimum Gasteiger partial charge on any atom is -0.370 e. The maximum absolute atomic E-state index is 14.0. The summed E-state index contributed by atoms with van der Waals surface area (Å²) in [6.07, 6.45) is 0.198. The van der Waals surface area contributed by atoms with Gasteiger partial charge in [0, 0.05) is 26.8 Å². The number of nitrogens with zero attached hydrogens (tertiary/aromatic N) is 1. The van der Waals surface area contributed by atoms with Crippen molar-refractivity contribution in [1.82, 2.24) is 47.4 Å². The zero-order valence-corrected chi connectivity index (χ0v) is 42.3. The molecule has 14 N–H and O–H groups in total. The van der Waals surface area contributed by atoms with E-state index in [4.69, 9.17) is 17.2 Å². The van der Waals surface area contributed by atoms with Gasteiger partial charge in [-0.1, -0.05) is 58.0 Å². The monoisotopic (exact) mass is 1000 g/mol. The van der Waals surface area contributed by atoms with E-state index in [0.717, 1.165) is 10.5 Å². The number of hydrogen-bond donors (Lipinski definition) is 11. The van der Waals surface area contributed by atoms with Crippen molar-refractivity contribution in [3.63, 3.8) is 0 Å². The van der Waals surface area contributed by atoms with Crippen molar-refractivity contribution in [3.05, 3.63) is 35.9 Å². The van der Waals surface area contributed by atoms with Crippen molar-refractivity contribution in [2.24, 2.45) is 29.0 Å². The molecule has 0 bridgehead atoms.